The molecule has 1 aliphatic carbocycles. The fourth-order valence-electron chi connectivity index (χ4n) is 7.33. The molecule has 0 radical (unpaired) electrons. The second kappa shape index (κ2) is 10.7. The van der Waals surface area contributed by atoms with Crippen LogP contribution in [0, 0.1) is 17.8 Å². The molecule has 8 nitrogen and oxygen atoms in total. The number of hydrogen-bond acceptors (Lipinski definition) is 5. The lowest BCUT2D eigenvalue weighted by molar-refractivity contribution is -0.146. The van der Waals surface area contributed by atoms with Crippen molar-refractivity contribution in [3.63, 3.8) is 0 Å². The molecule has 1 aromatic carbocycles. The van der Waals surface area contributed by atoms with E-state index >= 15 is 0 Å². The fraction of sp³-hybridized carbons (Fsp3) is 0.690. The van der Waals surface area contributed by atoms with Crippen LogP contribution in [0.5, 0.6) is 0 Å². The number of nitrogens with zero attached hydrogens (tertiary/aromatic N) is 1. The van der Waals surface area contributed by atoms with Gasteiger partial charge in [0.05, 0.1) is 30.6 Å². The lowest BCUT2D eigenvalue weighted by Gasteiger charge is -2.38. The van der Waals surface area contributed by atoms with Gasteiger partial charge in [-0.05, 0) is 43.6 Å². The second-order valence-electron chi connectivity index (χ2n) is 11.8. The molecule has 3 N–H and O–H groups in total. The molecule has 5 rings (SSSR count). The lowest BCUT2D eigenvalue weighted by atomic mass is 9.70. The average Bonchev–Trinajstić information content (AvgIpc) is 3.54. The smallest absolute Gasteiger partial charge is 0.246 e. The van der Waals surface area contributed by atoms with Crippen molar-refractivity contribution in [2.45, 2.75) is 102 Å². The summed E-state index contributed by atoms with van der Waals surface area (Å²) in [4.78, 5) is 43.1. The third kappa shape index (κ3) is 4.78. The molecule has 4 aliphatic rings. The number of ether oxygens (including phenoxy) is 1. The molecule has 3 amide bonds. The maximum atomic E-state index is 14.1. The summed E-state index contributed by atoms with van der Waals surface area (Å²) in [5.74, 6) is -1.76. The Morgan fingerprint density at radius 1 is 1.11 bits per heavy atom. The zero-order valence-corrected chi connectivity index (χ0v) is 22.0. The molecule has 0 aromatic heterocycles. The first kappa shape index (κ1) is 26.2. The minimum absolute atomic E-state index is 0.0925. The molecule has 1 spiro atoms. The number of benzene rings is 1. The van der Waals surface area contributed by atoms with E-state index in [2.05, 4.69) is 10.6 Å². The van der Waals surface area contributed by atoms with Crippen LogP contribution in [0.2, 0.25) is 0 Å². The van der Waals surface area contributed by atoms with E-state index in [1.54, 1.807) is 4.90 Å². The van der Waals surface area contributed by atoms with E-state index in [0.717, 1.165) is 31.2 Å². The largest absolute Gasteiger partial charge is 0.394 e. The Balaban J connectivity index is 1.43. The van der Waals surface area contributed by atoms with Crippen LogP contribution in [0.15, 0.2) is 30.3 Å². The number of aliphatic hydroxyl groups excluding tert-OH is 1. The van der Waals surface area contributed by atoms with Crippen LogP contribution in [-0.2, 0) is 25.7 Å². The molecule has 3 heterocycles. The van der Waals surface area contributed by atoms with Crippen molar-refractivity contribution in [3.05, 3.63) is 35.9 Å². The molecule has 3 aliphatic heterocycles. The molecular weight excluding hydrogens is 470 g/mol. The van der Waals surface area contributed by atoms with E-state index < -0.39 is 29.5 Å². The van der Waals surface area contributed by atoms with Crippen LogP contribution in [0.25, 0.3) is 0 Å². The van der Waals surface area contributed by atoms with Crippen LogP contribution in [-0.4, -0.2) is 64.2 Å². The van der Waals surface area contributed by atoms with Gasteiger partial charge in [0, 0.05) is 12.6 Å². The summed E-state index contributed by atoms with van der Waals surface area (Å²) in [6, 6.07) is 8.44. The predicted octanol–water partition coefficient (Wildman–Crippen LogP) is 2.53. The van der Waals surface area contributed by atoms with Gasteiger partial charge in [-0.25, -0.2) is 0 Å². The summed E-state index contributed by atoms with van der Waals surface area (Å²) in [6.07, 6.45) is 6.62. The maximum Gasteiger partial charge on any atom is 0.246 e. The van der Waals surface area contributed by atoms with Gasteiger partial charge in [0.25, 0.3) is 0 Å². The molecule has 1 saturated carbocycles. The molecule has 2 unspecified atom stereocenters. The first-order valence-electron chi connectivity index (χ1n) is 14.1. The number of fused-ring (bicyclic) bond motifs is 1. The normalized spacial score (nSPS) is 32.0. The van der Waals surface area contributed by atoms with Crippen LogP contribution in [0.4, 0.5) is 0 Å². The van der Waals surface area contributed by atoms with Crippen LogP contribution >= 0.6 is 0 Å². The Morgan fingerprint density at radius 2 is 1.84 bits per heavy atom. The highest BCUT2D eigenvalue weighted by molar-refractivity contribution is 5.99. The monoisotopic (exact) mass is 511 g/mol. The molecule has 2 bridgehead atoms. The Hall–Kier alpha value is -2.45. The lowest BCUT2D eigenvalue weighted by Crippen LogP contribution is -2.59. The Labute approximate surface area is 219 Å². The molecule has 3 saturated heterocycles. The number of hydrogen-bond donors (Lipinski definition) is 3. The molecule has 37 heavy (non-hydrogen) atoms. The summed E-state index contributed by atoms with van der Waals surface area (Å²) in [5, 5.41) is 16.6. The number of aliphatic hydroxyl groups is 1. The van der Waals surface area contributed by atoms with Gasteiger partial charge < -0.3 is 25.4 Å². The quantitative estimate of drug-likeness (QED) is 0.472. The van der Waals surface area contributed by atoms with Gasteiger partial charge in [-0.2, -0.15) is 0 Å². The van der Waals surface area contributed by atoms with Crippen molar-refractivity contribution in [1.29, 1.82) is 0 Å². The third-order valence-corrected chi connectivity index (χ3v) is 8.90. The van der Waals surface area contributed by atoms with Crippen LogP contribution < -0.4 is 10.6 Å². The summed E-state index contributed by atoms with van der Waals surface area (Å²) in [6.45, 7) is 4.23. The SMILES string of the molecule is CC(C)C[C@H](CO)N1C(=O)[C@@H]2[C@@H](C(=O)NCc3ccccc3)[C@H]3CCC2(O3)C1C(=O)NC1CCCCC1. The maximum absolute atomic E-state index is 14.1. The van der Waals surface area contributed by atoms with Crippen molar-refractivity contribution in [2.24, 2.45) is 17.8 Å². The van der Waals surface area contributed by atoms with Crippen molar-refractivity contribution >= 4 is 17.7 Å². The van der Waals surface area contributed by atoms with Gasteiger partial charge in [0.2, 0.25) is 17.7 Å². The van der Waals surface area contributed by atoms with Crippen molar-refractivity contribution in [1.82, 2.24) is 15.5 Å². The number of likely N-dealkylation sites (tertiary alicyclic amines) is 1. The number of rotatable bonds is 9. The Morgan fingerprint density at radius 3 is 2.51 bits per heavy atom. The number of carbonyl (C=O) groups excluding carboxylic acids is 3. The molecule has 6 atom stereocenters. The summed E-state index contributed by atoms with van der Waals surface area (Å²) in [7, 11) is 0. The molecule has 1 aromatic rings. The van der Waals surface area contributed by atoms with E-state index in [9.17, 15) is 19.5 Å². The second-order valence-corrected chi connectivity index (χ2v) is 11.8. The predicted molar refractivity (Wildman–Crippen MR) is 138 cm³/mol. The van der Waals surface area contributed by atoms with Crippen LogP contribution in [0.1, 0.15) is 70.8 Å². The minimum Gasteiger partial charge on any atom is -0.394 e. The summed E-state index contributed by atoms with van der Waals surface area (Å²) < 4.78 is 6.53. The number of nitrogens with one attached hydrogen (secondary N) is 2. The number of amides is 3. The van der Waals surface area contributed by atoms with E-state index in [1.165, 1.54) is 6.42 Å². The molecule has 4 fully saturated rings. The van der Waals surface area contributed by atoms with Gasteiger partial charge in [-0.15, -0.1) is 0 Å². The van der Waals surface area contributed by atoms with E-state index in [-0.39, 0.29) is 42.4 Å². The first-order valence-corrected chi connectivity index (χ1v) is 14.1. The topological polar surface area (TPSA) is 108 Å². The Kier molecular flexibility index (Phi) is 7.59. The van der Waals surface area contributed by atoms with Crippen LogP contribution in [0.3, 0.4) is 0 Å². The van der Waals surface area contributed by atoms with Gasteiger partial charge >= 0.3 is 0 Å². The standard InChI is InChI=1S/C29H41N3O5/c1-18(2)15-21(17-33)32-25(27(35)31-20-11-7-4-8-12-20)29-14-13-22(37-29)23(24(29)28(32)36)26(34)30-16-19-9-5-3-6-10-19/h3,5-6,9-10,18,20-25,33H,4,7-8,11-17H2,1-2H3,(H,30,34)(H,31,35)/t21-,22-,23+,24+,25?,29?/m1/s1. The first-order chi connectivity index (χ1) is 17.9. The van der Waals surface area contributed by atoms with Crippen molar-refractivity contribution in [2.75, 3.05) is 6.61 Å². The minimum atomic E-state index is -1.03. The molecule has 8 heteroatoms. The number of carbonyl (C=O) groups is 3. The highest BCUT2D eigenvalue weighted by Gasteiger charge is 2.75. The fourth-order valence-corrected chi connectivity index (χ4v) is 7.33. The highest BCUT2D eigenvalue weighted by atomic mass is 16.5. The molecular formula is C29H41N3O5. The van der Waals surface area contributed by atoms with Crippen molar-refractivity contribution < 1.29 is 24.2 Å². The van der Waals surface area contributed by atoms with E-state index in [4.69, 9.17) is 4.74 Å². The Bertz CT molecular complexity index is 995. The van der Waals surface area contributed by atoms with Crippen molar-refractivity contribution in [3.8, 4) is 0 Å². The van der Waals surface area contributed by atoms with Gasteiger partial charge in [0.15, 0.2) is 0 Å². The van der Waals surface area contributed by atoms with Gasteiger partial charge in [-0.1, -0.05) is 63.4 Å². The molecule has 202 valence electrons. The van der Waals surface area contributed by atoms with E-state index in [1.807, 2.05) is 44.2 Å². The average molecular weight is 512 g/mol. The zero-order chi connectivity index (χ0) is 26.2. The van der Waals surface area contributed by atoms with E-state index in [0.29, 0.717) is 25.8 Å². The van der Waals surface area contributed by atoms with Gasteiger partial charge in [-0.3, -0.25) is 14.4 Å². The zero-order valence-electron chi connectivity index (χ0n) is 22.0. The highest BCUT2D eigenvalue weighted by Crippen LogP contribution is 2.59. The third-order valence-electron chi connectivity index (χ3n) is 8.90. The van der Waals surface area contributed by atoms with Gasteiger partial charge in [0.1, 0.15) is 11.6 Å². The summed E-state index contributed by atoms with van der Waals surface area (Å²) in [5.41, 5.74) is -0.0457. The summed E-state index contributed by atoms with van der Waals surface area (Å²) >= 11 is 0.